The minimum Gasteiger partial charge on any atom is -0.438 e. The predicted octanol–water partition coefficient (Wildman–Crippen LogP) is 3.28. The van der Waals surface area contributed by atoms with Gasteiger partial charge in [0.2, 0.25) is 11.7 Å². The number of benzene rings is 1. The summed E-state index contributed by atoms with van der Waals surface area (Å²) in [7, 11) is 0. The number of carbonyl (C=O) groups excluding carboxylic acids is 2. The summed E-state index contributed by atoms with van der Waals surface area (Å²) >= 11 is 6.09. The summed E-state index contributed by atoms with van der Waals surface area (Å²) in [6.45, 7) is 1.80. The molecule has 138 valence electrons. The summed E-state index contributed by atoms with van der Waals surface area (Å²) in [5.41, 5.74) is 0.906. The van der Waals surface area contributed by atoms with E-state index in [0.717, 1.165) is 31.4 Å². The number of nitrogens with one attached hydrogen (secondary N) is 1. The predicted molar refractivity (Wildman–Crippen MR) is 97.7 cm³/mol. The number of amides is 2. The number of hydrogen-bond acceptors (Lipinski definition) is 4. The standard InChI is InChI=1S/C19H22ClN3O3/c20-16-6-2-1-5-15(16)10-22-18(24)8-7-14-4-3-9-23(12-14)19(25)17-11-21-13-26-17/h1-2,5-6,11,13-14H,3-4,7-10,12H2,(H,22,24)/t14-/m1/s1. The highest BCUT2D eigenvalue weighted by Gasteiger charge is 2.26. The first-order valence-electron chi connectivity index (χ1n) is 8.81. The number of rotatable bonds is 6. The molecule has 3 rings (SSSR count). The van der Waals surface area contributed by atoms with Gasteiger partial charge in [-0.05, 0) is 36.8 Å². The Morgan fingerprint density at radius 2 is 2.19 bits per heavy atom. The Morgan fingerprint density at radius 1 is 1.35 bits per heavy atom. The van der Waals surface area contributed by atoms with Crippen LogP contribution in [0.1, 0.15) is 41.8 Å². The number of nitrogens with zero attached hydrogens (tertiary/aromatic N) is 2. The van der Waals surface area contributed by atoms with Crippen molar-refractivity contribution in [3.63, 3.8) is 0 Å². The molecule has 1 aliphatic rings. The number of oxazole rings is 1. The zero-order valence-corrected chi connectivity index (χ0v) is 15.2. The number of likely N-dealkylation sites (tertiary alicyclic amines) is 1. The van der Waals surface area contributed by atoms with E-state index in [9.17, 15) is 9.59 Å². The van der Waals surface area contributed by atoms with Crippen LogP contribution in [-0.2, 0) is 11.3 Å². The Balaban J connectivity index is 1.43. The van der Waals surface area contributed by atoms with Crippen molar-refractivity contribution in [1.29, 1.82) is 0 Å². The van der Waals surface area contributed by atoms with Crippen molar-refractivity contribution >= 4 is 23.4 Å². The smallest absolute Gasteiger partial charge is 0.291 e. The molecule has 6 nitrogen and oxygen atoms in total. The van der Waals surface area contributed by atoms with Gasteiger partial charge in [-0.1, -0.05) is 29.8 Å². The Labute approximate surface area is 157 Å². The molecule has 0 saturated carbocycles. The average Bonchev–Trinajstić information content (AvgIpc) is 3.20. The van der Waals surface area contributed by atoms with Crippen molar-refractivity contribution in [2.75, 3.05) is 13.1 Å². The third-order valence-corrected chi connectivity index (χ3v) is 5.03. The third-order valence-electron chi connectivity index (χ3n) is 4.66. The number of hydrogen-bond donors (Lipinski definition) is 1. The Hall–Kier alpha value is -2.34. The summed E-state index contributed by atoms with van der Waals surface area (Å²) in [5, 5.41) is 3.56. The Morgan fingerprint density at radius 3 is 2.96 bits per heavy atom. The first kappa shape index (κ1) is 18.5. The van der Waals surface area contributed by atoms with Crippen molar-refractivity contribution in [2.24, 2.45) is 5.92 Å². The maximum absolute atomic E-state index is 12.3. The summed E-state index contributed by atoms with van der Waals surface area (Å²) in [4.78, 5) is 30.0. The first-order valence-corrected chi connectivity index (χ1v) is 9.19. The largest absolute Gasteiger partial charge is 0.438 e. The highest BCUT2D eigenvalue weighted by atomic mass is 35.5. The van der Waals surface area contributed by atoms with Crippen LogP contribution in [0.5, 0.6) is 0 Å². The van der Waals surface area contributed by atoms with Gasteiger partial charge in [0.15, 0.2) is 6.39 Å². The second-order valence-corrected chi connectivity index (χ2v) is 6.94. The first-order chi connectivity index (χ1) is 12.6. The van der Waals surface area contributed by atoms with Crippen molar-refractivity contribution in [3.05, 3.63) is 53.2 Å². The minimum atomic E-state index is -0.129. The maximum atomic E-state index is 12.3. The summed E-state index contributed by atoms with van der Waals surface area (Å²) in [6, 6.07) is 7.47. The van der Waals surface area contributed by atoms with Gasteiger partial charge >= 0.3 is 0 Å². The molecule has 2 aromatic rings. The fraction of sp³-hybridized carbons (Fsp3) is 0.421. The molecule has 0 unspecified atom stereocenters. The zero-order valence-electron chi connectivity index (χ0n) is 14.5. The lowest BCUT2D eigenvalue weighted by Gasteiger charge is -2.32. The van der Waals surface area contributed by atoms with Gasteiger partial charge in [-0.15, -0.1) is 0 Å². The highest BCUT2D eigenvalue weighted by molar-refractivity contribution is 6.31. The monoisotopic (exact) mass is 375 g/mol. The molecule has 1 aromatic heterocycles. The molecule has 26 heavy (non-hydrogen) atoms. The molecule has 1 fully saturated rings. The molecule has 0 radical (unpaired) electrons. The van der Waals surface area contributed by atoms with E-state index in [4.69, 9.17) is 16.0 Å². The summed E-state index contributed by atoms with van der Waals surface area (Å²) < 4.78 is 5.09. The molecule has 1 N–H and O–H groups in total. The van der Waals surface area contributed by atoms with Gasteiger partial charge in [0, 0.05) is 31.1 Å². The third kappa shape index (κ3) is 4.85. The van der Waals surface area contributed by atoms with E-state index in [1.807, 2.05) is 24.3 Å². The topological polar surface area (TPSA) is 75.4 Å². The van der Waals surface area contributed by atoms with Crippen molar-refractivity contribution in [2.45, 2.75) is 32.2 Å². The highest BCUT2D eigenvalue weighted by Crippen LogP contribution is 2.22. The fourth-order valence-electron chi connectivity index (χ4n) is 3.22. The average molecular weight is 376 g/mol. The summed E-state index contributed by atoms with van der Waals surface area (Å²) in [5.74, 6) is 0.462. The molecule has 1 atom stereocenters. The van der Waals surface area contributed by atoms with Gasteiger partial charge in [-0.25, -0.2) is 4.98 Å². The number of piperidine rings is 1. The number of halogens is 1. The van der Waals surface area contributed by atoms with Crippen LogP contribution in [0, 0.1) is 5.92 Å². The van der Waals surface area contributed by atoms with Crippen LogP contribution in [0.25, 0.3) is 0 Å². The molecule has 1 aromatic carbocycles. The molecule has 1 saturated heterocycles. The van der Waals surface area contributed by atoms with E-state index in [2.05, 4.69) is 10.3 Å². The number of carbonyl (C=O) groups is 2. The molecule has 0 spiro atoms. The van der Waals surface area contributed by atoms with Crippen LogP contribution in [0.15, 0.2) is 41.3 Å². The van der Waals surface area contributed by atoms with Gasteiger partial charge < -0.3 is 14.6 Å². The number of aromatic nitrogens is 1. The van der Waals surface area contributed by atoms with Crippen molar-refractivity contribution < 1.29 is 14.0 Å². The second-order valence-electron chi connectivity index (χ2n) is 6.53. The van der Waals surface area contributed by atoms with Gasteiger partial charge in [-0.2, -0.15) is 0 Å². The second kappa shape index (κ2) is 8.85. The molecule has 1 aliphatic heterocycles. The SMILES string of the molecule is O=C(CC[C@H]1CCCN(C(=O)c2cnco2)C1)NCc1ccccc1Cl. The molecule has 0 aliphatic carbocycles. The van der Waals surface area contributed by atoms with Crippen molar-refractivity contribution in [3.8, 4) is 0 Å². The van der Waals surface area contributed by atoms with E-state index in [-0.39, 0.29) is 17.6 Å². The maximum Gasteiger partial charge on any atom is 0.291 e. The van der Waals surface area contributed by atoms with E-state index in [0.29, 0.717) is 30.5 Å². The quantitative estimate of drug-likeness (QED) is 0.840. The van der Waals surface area contributed by atoms with Gasteiger partial charge in [0.25, 0.3) is 5.91 Å². The molecular weight excluding hydrogens is 354 g/mol. The molecule has 2 heterocycles. The molecule has 2 amide bonds. The van der Waals surface area contributed by atoms with Crippen LogP contribution < -0.4 is 5.32 Å². The van der Waals surface area contributed by atoms with E-state index in [1.54, 1.807) is 4.90 Å². The normalized spacial score (nSPS) is 17.1. The van der Waals surface area contributed by atoms with Crippen molar-refractivity contribution in [1.82, 2.24) is 15.2 Å². The lowest BCUT2D eigenvalue weighted by molar-refractivity contribution is -0.121. The van der Waals surface area contributed by atoms with Crippen LogP contribution in [-0.4, -0.2) is 34.8 Å². The van der Waals surface area contributed by atoms with E-state index < -0.39 is 0 Å². The fourth-order valence-corrected chi connectivity index (χ4v) is 3.42. The summed E-state index contributed by atoms with van der Waals surface area (Å²) in [6.07, 6.45) is 5.86. The van der Waals surface area contributed by atoms with E-state index in [1.165, 1.54) is 12.6 Å². The van der Waals surface area contributed by atoms with Crippen LogP contribution in [0.4, 0.5) is 0 Å². The lowest BCUT2D eigenvalue weighted by atomic mass is 9.93. The van der Waals surface area contributed by atoms with Crippen LogP contribution in [0.3, 0.4) is 0 Å². The lowest BCUT2D eigenvalue weighted by Crippen LogP contribution is -2.40. The van der Waals surface area contributed by atoms with Gasteiger partial charge in [0.05, 0.1) is 6.20 Å². The molecule has 7 heteroatoms. The Bertz CT molecular complexity index is 748. The van der Waals surface area contributed by atoms with E-state index >= 15 is 0 Å². The van der Waals surface area contributed by atoms with Crippen LogP contribution in [0.2, 0.25) is 5.02 Å². The molecular formula is C19H22ClN3O3. The zero-order chi connectivity index (χ0) is 18.4. The van der Waals surface area contributed by atoms with Gasteiger partial charge in [-0.3, -0.25) is 9.59 Å². The minimum absolute atomic E-state index is 0.00334. The Kier molecular flexibility index (Phi) is 6.28. The van der Waals surface area contributed by atoms with Gasteiger partial charge in [0.1, 0.15) is 0 Å². The van der Waals surface area contributed by atoms with Crippen LogP contribution >= 0.6 is 11.6 Å². The molecule has 0 bridgehead atoms.